The van der Waals surface area contributed by atoms with Crippen LogP contribution in [0.5, 0.6) is 0 Å². The van der Waals surface area contributed by atoms with E-state index in [1.54, 1.807) is 12.1 Å². The second kappa shape index (κ2) is 7.61. The first-order valence-corrected chi connectivity index (χ1v) is 12.9. The molecular weight excluding hydrogens is 398 g/mol. The zero-order valence-electron chi connectivity index (χ0n) is 17.8. The van der Waals surface area contributed by atoms with Crippen molar-refractivity contribution in [3.63, 3.8) is 0 Å². The summed E-state index contributed by atoms with van der Waals surface area (Å²) in [7, 11) is -3.49. The molecule has 7 heteroatoms. The van der Waals surface area contributed by atoms with Gasteiger partial charge in [0.05, 0.1) is 11.4 Å². The van der Waals surface area contributed by atoms with E-state index in [9.17, 15) is 13.2 Å². The molecule has 1 aromatic rings. The van der Waals surface area contributed by atoms with Gasteiger partial charge in [0.2, 0.25) is 15.9 Å². The fourth-order valence-electron chi connectivity index (χ4n) is 6.74. The normalized spacial score (nSPS) is 33.8. The maximum Gasteiger partial charge on any atom is 0.243 e. The Labute approximate surface area is 180 Å². The Morgan fingerprint density at radius 3 is 2.03 bits per heavy atom. The Morgan fingerprint density at radius 2 is 1.50 bits per heavy atom. The fraction of sp³-hybridized carbons (Fsp3) is 0.696. The van der Waals surface area contributed by atoms with Crippen LogP contribution < -0.4 is 5.32 Å². The molecular formula is C23H33N3O3S. The van der Waals surface area contributed by atoms with Crippen LogP contribution in [0.25, 0.3) is 0 Å². The highest BCUT2D eigenvalue weighted by Crippen LogP contribution is 2.55. The van der Waals surface area contributed by atoms with Crippen molar-refractivity contribution < 1.29 is 13.2 Å². The molecule has 4 bridgehead atoms. The highest BCUT2D eigenvalue weighted by Gasteiger charge is 2.50. The Bertz CT molecular complexity index is 869. The third-order valence-electron chi connectivity index (χ3n) is 7.90. The lowest BCUT2D eigenvalue weighted by molar-refractivity contribution is -0.132. The van der Waals surface area contributed by atoms with Crippen LogP contribution in [0, 0.1) is 24.7 Å². The number of sulfonamides is 1. The molecule has 164 valence electrons. The first-order valence-electron chi connectivity index (χ1n) is 11.4. The Balaban J connectivity index is 1.15. The van der Waals surface area contributed by atoms with Gasteiger partial charge in [-0.05, 0) is 75.3 Å². The van der Waals surface area contributed by atoms with Crippen molar-refractivity contribution in [2.75, 3.05) is 32.7 Å². The minimum absolute atomic E-state index is 0.109. The van der Waals surface area contributed by atoms with Crippen molar-refractivity contribution in [2.45, 2.75) is 55.9 Å². The van der Waals surface area contributed by atoms with Gasteiger partial charge in [-0.2, -0.15) is 4.31 Å². The first-order chi connectivity index (χ1) is 14.3. The van der Waals surface area contributed by atoms with E-state index in [2.05, 4.69) is 5.32 Å². The van der Waals surface area contributed by atoms with Gasteiger partial charge in [0.1, 0.15) is 0 Å². The summed E-state index contributed by atoms with van der Waals surface area (Å²) < 4.78 is 27.2. The summed E-state index contributed by atoms with van der Waals surface area (Å²) in [6, 6.07) is 6.97. The Hall–Kier alpha value is -1.44. The van der Waals surface area contributed by atoms with E-state index in [0.29, 0.717) is 37.6 Å². The molecule has 6 nitrogen and oxygen atoms in total. The molecule has 1 N–H and O–H groups in total. The molecule has 5 aliphatic rings. The van der Waals surface area contributed by atoms with E-state index in [1.165, 1.54) is 42.8 Å². The lowest BCUT2D eigenvalue weighted by atomic mass is 9.53. The van der Waals surface area contributed by atoms with Gasteiger partial charge in [-0.1, -0.05) is 17.7 Å². The van der Waals surface area contributed by atoms with Crippen LogP contribution in [0.2, 0.25) is 0 Å². The maximum atomic E-state index is 12.9. The summed E-state index contributed by atoms with van der Waals surface area (Å²) >= 11 is 0. The molecule has 0 spiro atoms. The average molecular weight is 432 g/mol. The van der Waals surface area contributed by atoms with Crippen LogP contribution in [0.15, 0.2) is 29.2 Å². The van der Waals surface area contributed by atoms with Crippen molar-refractivity contribution in [1.29, 1.82) is 0 Å². The van der Waals surface area contributed by atoms with Crippen LogP contribution >= 0.6 is 0 Å². The quantitative estimate of drug-likeness (QED) is 0.777. The largest absolute Gasteiger partial charge is 0.339 e. The second-order valence-electron chi connectivity index (χ2n) is 10.1. The number of hydrogen-bond acceptors (Lipinski definition) is 4. The maximum absolute atomic E-state index is 12.9. The van der Waals surface area contributed by atoms with Crippen LogP contribution in [0.1, 0.15) is 44.1 Å². The minimum Gasteiger partial charge on any atom is -0.339 e. The average Bonchev–Trinajstić information content (AvgIpc) is 2.71. The number of aryl methyl sites for hydroxylation is 1. The molecule has 1 amide bonds. The Kier molecular flexibility index (Phi) is 5.19. The van der Waals surface area contributed by atoms with Gasteiger partial charge >= 0.3 is 0 Å². The lowest BCUT2D eigenvalue weighted by Gasteiger charge is -2.57. The van der Waals surface area contributed by atoms with Gasteiger partial charge in [0.15, 0.2) is 0 Å². The molecule has 1 saturated heterocycles. The standard InChI is InChI=1S/C23H33N3O3S/c1-17-2-4-21(5-3-17)30(28,29)26-8-6-25(7-9-26)22(27)16-24-23-13-18-10-19(14-23)12-20(11-18)15-23/h2-5,18-20,24H,6-16H2,1H3. The molecule has 1 aromatic carbocycles. The third-order valence-corrected chi connectivity index (χ3v) is 9.82. The van der Waals surface area contributed by atoms with E-state index in [4.69, 9.17) is 0 Å². The molecule has 1 aliphatic heterocycles. The zero-order chi connectivity index (χ0) is 20.9. The lowest BCUT2D eigenvalue weighted by Crippen LogP contribution is -2.60. The molecule has 0 aromatic heterocycles. The number of benzene rings is 1. The molecule has 1 heterocycles. The van der Waals surface area contributed by atoms with Gasteiger partial charge in [-0.15, -0.1) is 0 Å². The first kappa shape index (κ1) is 20.5. The number of hydrogen-bond donors (Lipinski definition) is 1. The molecule has 6 rings (SSSR count). The molecule has 30 heavy (non-hydrogen) atoms. The van der Waals surface area contributed by atoms with Crippen molar-refractivity contribution >= 4 is 15.9 Å². The molecule has 5 fully saturated rings. The van der Waals surface area contributed by atoms with Crippen LogP contribution in [-0.2, 0) is 14.8 Å². The smallest absolute Gasteiger partial charge is 0.243 e. The van der Waals surface area contributed by atoms with Gasteiger partial charge in [0, 0.05) is 31.7 Å². The van der Waals surface area contributed by atoms with Crippen LogP contribution in [0.3, 0.4) is 0 Å². The predicted molar refractivity (Wildman–Crippen MR) is 115 cm³/mol. The minimum atomic E-state index is -3.49. The molecule has 4 saturated carbocycles. The number of rotatable bonds is 5. The van der Waals surface area contributed by atoms with E-state index in [0.717, 1.165) is 23.3 Å². The monoisotopic (exact) mass is 431 g/mol. The zero-order valence-corrected chi connectivity index (χ0v) is 18.7. The van der Waals surface area contributed by atoms with Crippen molar-refractivity contribution in [2.24, 2.45) is 17.8 Å². The van der Waals surface area contributed by atoms with Crippen molar-refractivity contribution in [3.05, 3.63) is 29.8 Å². The number of nitrogens with zero attached hydrogens (tertiary/aromatic N) is 2. The van der Waals surface area contributed by atoms with Gasteiger partial charge in [0.25, 0.3) is 0 Å². The Morgan fingerprint density at radius 1 is 0.967 bits per heavy atom. The summed E-state index contributed by atoms with van der Waals surface area (Å²) in [5, 5.41) is 3.67. The summed E-state index contributed by atoms with van der Waals surface area (Å²) in [5.74, 6) is 2.68. The summed E-state index contributed by atoms with van der Waals surface area (Å²) in [6.45, 7) is 3.98. The summed E-state index contributed by atoms with van der Waals surface area (Å²) in [6.07, 6.45) is 7.88. The molecule has 0 unspecified atom stereocenters. The highest BCUT2D eigenvalue weighted by molar-refractivity contribution is 7.89. The summed E-state index contributed by atoms with van der Waals surface area (Å²) in [5.41, 5.74) is 1.22. The van der Waals surface area contributed by atoms with Crippen LogP contribution in [-0.4, -0.2) is 61.8 Å². The topological polar surface area (TPSA) is 69.7 Å². The van der Waals surface area contributed by atoms with Crippen molar-refractivity contribution in [3.8, 4) is 0 Å². The molecule has 4 aliphatic carbocycles. The number of carbonyl (C=O) groups is 1. The number of amides is 1. The number of carbonyl (C=O) groups excluding carboxylic acids is 1. The molecule has 0 atom stereocenters. The summed E-state index contributed by atoms with van der Waals surface area (Å²) in [4.78, 5) is 15.0. The van der Waals surface area contributed by atoms with Gasteiger partial charge in [-0.3, -0.25) is 4.79 Å². The third kappa shape index (κ3) is 3.80. The predicted octanol–water partition coefficient (Wildman–Crippen LogP) is 2.39. The van der Waals surface area contributed by atoms with Crippen molar-refractivity contribution in [1.82, 2.24) is 14.5 Å². The highest BCUT2D eigenvalue weighted by atomic mass is 32.2. The SMILES string of the molecule is Cc1ccc(S(=O)(=O)N2CCN(C(=O)CNC34CC5CC(CC(C5)C3)C4)CC2)cc1. The van der Waals surface area contributed by atoms with E-state index >= 15 is 0 Å². The van der Waals surface area contributed by atoms with E-state index < -0.39 is 10.0 Å². The number of piperazine rings is 1. The molecule has 0 radical (unpaired) electrons. The number of nitrogens with one attached hydrogen (secondary N) is 1. The van der Waals surface area contributed by atoms with E-state index in [-0.39, 0.29) is 11.4 Å². The van der Waals surface area contributed by atoms with Crippen LogP contribution in [0.4, 0.5) is 0 Å². The second-order valence-corrected chi connectivity index (χ2v) is 12.1. The fourth-order valence-corrected chi connectivity index (χ4v) is 8.16. The van der Waals surface area contributed by atoms with Gasteiger partial charge < -0.3 is 10.2 Å². The van der Waals surface area contributed by atoms with Gasteiger partial charge in [-0.25, -0.2) is 8.42 Å². The van der Waals surface area contributed by atoms with E-state index in [1.807, 2.05) is 24.0 Å².